The van der Waals surface area contributed by atoms with Gasteiger partial charge in [-0.1, -0.05) is 27.5 Å². The van der Waals surface area contributed by atoms with Gasteiger partial charge in [-0.25, -0.2) is 0 Å². The summed E-state index contributed by atoms with van der Waals surface area (Å²) in [5.74, 6) is 0.911. The van der Waals surface area contributed by atoms with Gasteiger partial charge in [-0.15, -0.1) is 0 Å². The second-order valence-electron chi connectivity index (χ2n) is 4.64. The van der Waals surface area contributed by atoms with E-state index in [1.54, 1.807) is 5.54 Å². The van der Waals surface area contributed by atoms with Gasteiger partial charge in [0.15, 0.2) is 0 Å². The van der Waals surface area contributed by atoms with Crippen molar-refractivity contribution in [2.75, 3.05) is 6.61 Å². The van der Waals surface area contributed by atoms with Crippen LogP contribution in [0.25, 0.3) is 0 Å². The van der Waals surface area contributed by atoms with Gasteiger partial charge in [0.25, 0.3) is 0 Å². The molecule has 1 rings (SSSR count). The Morgan fingerprint density at radius 1 is 1.56 bits per heavy atom. The third-order valence-electron chi connectivity index (χ3n) is 2.49. The largest absolute Gasteiger partial charge is 0.489 e. The molecule has 0 heterocycles. The van der Waals surface area contributed by atoms with Crippen molar-refractivity contribution < 1.29 is 4.74 Å². The van der Waals surface area contributed by atoms with Gasteiger partial charge >= 0.3 is 0 Å². The van der Waals surface area contributed by atoms with Crippen LogP contribution >= 0.6 is 27.5 Å². The molecule has 0 aliphatic heterocycles. The van der Waals surface area contributed by atoms with Gasteiger partial charge in [-0.2, -0.15) is 0 Å². The van der Waals surface area contributed by atoms with E-state index in [9.17, 15) is 0 Å². The lowest BCUT2D eigenvalue weighted by Gasteiger charge is -2.16. The van der Waals surface area contributed by atoms with Gasteiger partial charge in [0, 0.05) is 16.0 Å². The highest BCUT2D eigenvalue weighted by Crippen LogP contribution is 2.29. The summed E-state index contributed by atoms with van der Waals surface area (Å²) in [6, 6.07) is 4.20. The molecule has 0 spiro atoms. The quantitative estimate of drug-likeness (QED) is 0.878. The third kappa shape index (κ3) is 4.63. The van der Waals surface area contributed by atoms with Crippen LogP contribution < -0.4 is 10.5 Å². The summed E-state index contributed by atoms with van der Waals surface area (Å²) in [6.45, 7) is 6.46. The number of halogens is 2. The van der Waals surface area contributed by atoms with Gasteiger partial charge in [0.2, 0.25) is 0 Å². The number of ether oxygens (including phenoxy) is 1. The smallest absolute Gasteiger partial charge is 0.126 e. The zero-order valence-corrected chi connectivity index (χ0v) is 13.3. The van der Waals surface area contributed by atoms with Gasteiger partial charge in [-0.3, -0.25) is 0 Å². The van der Waals surface area contributed by atoms with Crippen molar-refractivity contribution in [1.82, 2.24) is 0 Å². The fourth-order valence-electron chi connectivity index (χ4n) is 1.72. The van der Waals surface area contributed by atoms with E-state index < -0.39 is 0 Å². The van der Waals surface area contributed by atoms with Crippen LogP contribution in [0.2, 0.25) is 0 Å². The SMILES string of the molecule is C/C(=C\Cl)COc1c(C)cc(Br)cc1CC(C)N. The van der Waals surface area contributed by atoms with E-state index in [0.29, 0.717) is 6.61 Å². The zero-order chi connectivity index (χ0) is 13.7. The predicted molar refractivity (Wildman–Crippen MR) is 81.3 cm³/mol. The van der Waals surface area contributed by atoms with Crippen LogP contribution in [0.4, 0.5) is 0 Å². The molecule has 0 radical (unpaired) electrons. The Balaban J connectivity index is 2.99. The molecule has 0 amide bonds. The van der Waals surface area contributed by atoms with Crippen LogP contribution in [0.1, 0.15) is 25.0 Å². The summed E-state index contributed by atoms with van der Waals surface area (Å²) in [6.07, 6.45) is 0.791. The monoisotopic (exact) mass is 331 g/mol. The first-order chi connectivity index (χ1) is 8.43. The number of nitrogens with two attached hydrogens (primary N) is 1. The van der Waals surface area contributed by atoms with E-state index in [1.807, 2.05) is 26.8 Å². The van der Waals surface area contributed by atoms with Gasteiger partial charge in [-0.05, 0) is 56.0 Å². The Morgan fingerprint density at radius 3 is 2.78 bits per heavy atom. The molecule has 1 unspecified atom stereocenters. The average Bonchev–Trinajstić information content (AvgIpc) is 2.26. The molecule has 0 aliphatic carbocycles. The molecule has 0 saturated heterocycles. The summed E-state index contributed by atoms with van der Waals surface area (Å²) < 4.78 is 6.90. The lowest BCUT2D eigenvalue weighted by Crippen LogP contribution is -2.18. The maximum absolute atomic E-state index is 5.87. The van der Waals surface area contributed by atoms with Crippen molar-refractivity contribution in [1.29, 1.82) is 0 Å². The summed E-state index contributed by atoms with van der Waals surface area (Å²) in [5.41, 5.74) is 10.6. The first kappa shape index (κ1) is 15.5. The lowest BCUT2D eigenvalue weighted by atomic mass is 10.0. The molecule has 1 aromatic rings. The number of hydrogen-bond acceptors (Lipinski definition) is 2. The Morgan fingerprint density at radius 2 is 2.22 bits per heavy atom. The first-order valence-corrected chi connectivity index (χ1v) is 7.10. The van der Waals surface area contributed by atoms with Crippen LogP contribution in [-0.2, 0) is 6.42 Å². The van der Waals surface area contributed by atoms with Gasteiger partial charge < -0.3 is 10.5 Å². The van der Waals surface area contributed by atoms with Crippen LogP contribution in [0.5, 0.6) is 5.75 Å². The lowest BCUT2D eigenvalue weighted by molar-refractivity contribution is 0.345. The Bertz CT molecular complexity index is 444. The highest BCUT2D eigenvalue weighted by atomic mass is 79.9. The normalized spacial score (nSPS) is 13.6. The standard InChI is InChI=1S/C14H19BrClNO/c1-9(7-16)8-18-14-10(2)4-13(15)6-12(14)5-11(3)17/h4,6-7,11H,5,8,17H2,1-3H3/b9-7+. The number of rotatable bonds is 5. The molecule has 100 valence electrons. The minimum atomic E-state index is 0.103. The average molecular weight is 333 g/mol. The van der Waals surface area contributed by atoms with Crippen molar-refractivity contribution in [3.8, 4) is 5.75 Å². The van der Waals surface area contributed by atoms with E-state index in [2.05, 4.69) is 22.0 Å². The molecule has 1 atom stereocenters. The molecule has 2 nitrogen and oxygen atoms in total. The molecule has 0 aromatic heterocycles. The third-order valence-corrected chi connectivity index (χ3v) is 3.32. The number of hydrogen-bond donors (Lipinski definition) is 1. The Kier molecular flexibility index (Phi) is 6.19. The van der Waals surface area contributed by atoms with Crippen LogP contribution in [0, 0.1) is 6.92 Å². The zero-order valence-electron chi connectivity index (χ0n) is 11.0. The molecule has 2 N–H and O–H groups in total. The molecule has 18 heavy (non-hydrogen) atoms. The van der Waals surface area contributed by atoms with E-state index >= 15 is 0 Å². The van der Waals surface area contributed by atoms with Gasteiger partial charge in [0.1, 0.15) is 12.4 Å². The predicted octanol–water partition coefficient (Wildman–Crippen LogP) is 4.17. The van der Waals surface area contributed by atoms with E-state index in [0.717, 1.165) is 33.3 Å². The minimum absolute atomic E-state index is 0.103. The second kappa shape index (κ2) is 7.17. The number of aryl methyl sites for hydroxylation is 1. The molecule has 0 fully saturated rings. The summed E-state index contributed by atoms with van der Waals surface area (Å²) >= 11 is 9.14. The highest BCUT2D eigenvalue weighted by Gasteiger charge is 2.11. The molecular formula is C14H19BrClNO. The molecule has 0 bridgehead atoms. The maximum Gasteiger partial charge on any atom is 0.126 e. The van der Waals surface area contributed by atoms with Crippen LogP contribution in [0.3, 0.4) is 0 Å². The van der Waals surface area contributed by atoms with Crippen molar-refractivity contribution in [2.24, 2.45) is 5.73 Å². The van der Waals surface area contributed by atoms with Crippen molar-refractivity contribution in [3.63, 3.8) is 0 Å². The molecular weight excluding hydrogens is 314 g/mol. The Hall–Kier alpha value is -0.510. The second-order valence-corrected chi connectivity index (χ2v) is 5.77. The Labute approximate surface area is 122 Å². The summed E-state index contributed by atoms with van der Waals surface area (Å²) in [7, 11) is 0. The summed E-state index contributed by atoms with van der Waals surface area (Å²) in [4.78, 5) is 0. The summed E-state index contributed by atoms with van der Waals surface area (Å²) in [5, 5.41) is 0. The highest BCUT2D eigenvalue weighted by molar-refractivity contribution is 9.10. The fourth-order valence-corrected chi connectivity index (χ4v) is 2.40. The molecule has 1 aromatic carbocycles. The van der Waals surface area contributed by atoms with E-state index in [4.69, 9.17) is 22.1 Å². The molecule has 0 saturated carbocycles. The topological polar surface area (TPSA) is 35.2 Å². The van der Waals surface area contributed by atoms with Crippen molar-refractivity contribution in [3.05, 3.63) is 38.8 Å². The fraction of sp³-hybridized carbons (Fsp3) is 0.429. The molecule has 4 heteroatoms. The van der Waals surface area contributed by atoms with Crippen LogP contribution in [0.15, 0.2) is 27.7 Å². The van der Waals surface area contributed by atoms with Crippen molar-refractivity contribution in [2.45, 2.75) is 33.2 Å². The maximum atomic E-state index is 5.87. The van der Waals surface area contributed by atoms with E-state index in [-0.39, 0.29) is 6.04 Å². The first-order valence-electron chi connectivity index (χ1n) is 5.87. The molecule has 0 aliphatic rings. The van der Waals surface area contributed by atoms with Gasteiger partial charge in [0.05, 0.1) is 0 Å². The minimum Gasteiger partial charge on any atom is -0.489 e. The number of benzene rings is 1. The van der Waals surface area contributed by atoms with E-state index in [1.165, 1.54) is 0 Å². The van der Waals surface area contributed by atoms with Crippen LogP contribution in [-0.4, -0.2) is 12.6 Å². The van der Waals surface area contributed by atoms with Crippen molar-refractivity contribution >= 4 is 27.5 Å².